The maximum atomic E-state index is 12.7. The molecule has 138 valence electrons. The quantitative estimate of drug-likeness (QED) is 0.839. The number of aromatic nitrogens is 2. The van der Waals surface area contributed by atoms with Crippen LogP contribution in [0.3, 0.4) is 0 Å². The lowest BCUT2D eigenvalue weighted by atomic mass is 10.0. The Morgan fingerprint density at radius 3 is 2.76 bits per heavy atom. The monoisotopic (exact) mass is 388 g/mol. The minimum atomic E-state index is -0.276. The number of nitrogens with one attached hydrogen (secondary N) is 2. The number of imidazole rings is 1. The predicted molar refractivity (Wildman–Crippen MR) is 100 cm³/mol. The maximum absolute atomic E-state index is 12.7. The molecule has 2 N–H and O–H groups in total. The van der Waals surface area contributed by atoms with Gasteiger partial charge < -0.3 is 19.8 Å². The molecule has 25 heavy (non-hydrogen) atoms. The van der Waals surface area contributed by atoms with Gasteiger partial charge in [0.15, 0.2) is 0 Å². The highest BCUT2D eigenvalue weighted by Crippen LogP contribution is 2.29. The summed E-state index contributed by atoms with van der Waals surface area (Å²) in [6.07, 6.45) is 2.25. The highest BCUT2D eigenvalue weighted by atomic mass is 35.5. The van der Waals surface area contributed by atoms with Crippen molar-refractivity contribution in [2.75, 3.05) is 26.6 Å². The first-order valence-corrected chi connectivity index (χ1v) is 7.36. The van der Waals surface area contributed by atoms with Crippen molar-refractivity contribution < 1.29 is 14.3 Å². The first kappa shape index (κ1) is 21.1. The molecular formula is C16H22Cl2N4O3. The molecule has 2 aromatic rings. The zero-order chi connectivity index (χ0) is 16.4. The van der Waals surface area contributed by atoms with Crippen molar-refractivity contribution in [2.45, 2.75) is 19.0 Å². The topological polar surface area (TPSA) is 79.5 Å². The zero-order valence-corrected chi connectivity index (χ0v) is 15.9. The SMILES string of the molecule is COc1ccc(OC)c(NC(=O)C2Cc3nc[nH]c3CN2C)c1.Cl.Cl. The van der Waals surface area contributed by atoms with E-state index in [0.717, 1.165) is 11.4 Å². The molecule has 1 amide bonds. The minimum absolute atomic E-state index is 0. The first-order valence-electron chi connectivity index (χ1n) is 7.36. The smallest absolute Gasteiger partial charge is 0.242 e. The third kappa shape index (κ3) is 4.36. The van der Waals surface area contributed by atoms with Gasteiger partial charge in [0.05, 0.1) is 43.7 Å². The number of hydrogen-bond donors (Lipinski definition) is 2. The summed E-state index contributed by atoms with van der Waals surface area (Å²) in [4.78, 5) is 22.1. The molecule has 9 heteroatoms. The second kappa shape index (κ2) is 8.94. The van der Waals surface area contributed by atoms with Gasteiger partial charge in [0.25, 0.3) is 0 Å². The van der Waals surface area contributed by atoms with Gasteiger partial charge in [-0.1, -0.05) is 0 Å². The fourth-order valence-electron chi connectivity index (χ4n) is 2.78. The molecule has 0 radical (unpaired) electrons. The summed E-state index contributed by atoms with van der Waals surface area (Å²) in [5.74, 6) is 1.17. The third-order valence-electron chi connectivity index (χ3n) is 4.10. The Hall–Kier alpha value is -1.96. The summed E-state index contributed by atoms with van der Waals surface area (Å²) in [6.45, 7) is 0.669. The normalized spacial score (nSPS) is 16.0. The molecule has 0 spiro atoms. The number of H-pyrrole nitrogens is 1. The van der Waals surface area contributed by atoms with Crippen LogP contribution in [0.2, 0.25) is 0 Å². The van der Waals surface area contributed by atoms with E-state index in [1.165, 1.54) is 0 Å². The molecule has 7 nitrogen and oxygen atoms in total. The van der Waals surface area contributed by atoms with E-state index in [4.69, 9.17) is 9.47 Å². The number of nitrogens with zero attached hydrogens (tertiary/aromatic N) is 2. The molecule has 0 saturated heterocycles. The number of amides is 1. The lowest BCUT2D eigenvalue weighted by molar-refractivity contribution is -0.121. The summed E-state index contributed by atoms with van der Waals surface area (Å²) in [6, 6.07) is 5.03. The van der Waals surface area contributed by atoms with Crippen molar-refractivity contribution in [3.63, 3.8) is 0 Å². The van der Waals surface area contributed by atoms with Crippen molar-refractivity contribution in [3.8, 4) is 11.5 Å². The molecule has 0 bridgehead atoms. The molecule has 1 aromatic carbocycles. The van der Waals surface area contributed by atoms with Gasteiger partial charge >= 0.3 is 0 Å². The summed E-state index contributed by atoms with van der Waals surface area (Å²) in [7, 11) is 5.08. The number of anilines is 1. The molecule has 3 rings (SSSR count). The van der Waals surface area contributed by atoms with E-state index < -0.39 is 0 Å². The molecular weight excluding hydrogens is 367 g/mol. The number of fused-ring (bicyclic) bond motifs is 1. The van der Waals surface area contributed by atoms with Crippen molar-refractivity contribution in [3.05, 3.63) is 35.9 Å². The van der Waals surface area contributed by atoms with Crippen molar-refractivity contribution in [1.29, 1.82) is 0 Å². The maximum Gasteiger partial charge on any atom is 0.242 e. The van der Waals surface area contributed by atoms with Crippen LogP contribution in [-0.2, 0) is 17.8 Å². The van der Waals surface area contributed by atoms with Crippen LogP contribution in [-0.4, -0.2) is 48.1 Å². The number of methoxy groups -OCH3 is 2. The largest absolute Gasteiger partial charge is 0.497 e. The number of hydrogen-bond acceptors (Lipinski definition) is 5. The van der Waals surface area contributed by atoms with Crippen molar-refractivity contribution in [2.24, 2.45) is 0 Å². The Balaban J connectivity index is 0.00000156. The van der Waals surface area contributed by atoms with Gasteiger partial charge in [-0.15, -0.1) is 24.8 Å². The van der Waals surface area contributed by atoms with Crippen molar-refractivity contribution in [1.82, 2.24) is 14.9 Å². The van der Waals surface area contributed by atoms with E-state index >= 15 is 0 Å². The Labute approximate surface area is 158 Å². The van der Waals surface area contributed by atoms with Gasteiger partial charge in [-0.3, -0.25) is 9.69 Å². The van der Waals surface area contributed by atoms with Gasteiger partial charge in [0.2, 0.25) is 5.91 Å². The lowest BCUT2D eigenvalue weighted by Gasteiger charge is -2.30. The Morgan fingerprint density at radius 2 is 2.08 bits per heavy atom. The zero-order valence-electron chi connectivity index (χ0n) is 14.2. The number of carbonyl (C=O) groups excluding carboxylic acids is 1. The second-order valence-corrected chi connectivity index (χ2v) is 5.52. The Kier molecular flexibility index (Phi) is 7.54. The van der Waals surface area contributed by atoms with Gasteiger partial charge in [0.1, 0.15) is 11.5 Å². The summed E-state index contributed by atoms with van der Waals surface area (Å²) < 4.78 is 10.5. The summed E-state index contributed by atoms with van der Waals surface area (Å²) in [5.41, 5.74) is 2.61. The molecule has 0 saturated carbocycles. The molecule has 1 atom stereocenters. The van der Waals surface area contributed by atoms with Crippen molar-refractivity contribution >= 4 is 36.4 Å². The lowest BCUT2D eigenvalue weighted by Crippen LogP contribution is -2.45. The second-order valence-electron chi connectivity index (χ2n) is 5.52. The standard InChI is InChI=1S/C16H20N4O3.2ClH/c1-20-8-13-11(17-9-18-13)7-14(20)16(21)19-12-6-10(22-2)4-5-15(12)23-3;;/h4-6,9,14H,7-8H2,1-3H3,(H,17,18)(H,19,21);2*1H. The summed E-state index contributed by atoms with van der Waals surface area (Å²) >= 11 is 0. The van der Waals surface area contributed by atoms with Crippen LogP contribution in [0.5, 0.6) is 11.5 Å². The van der Waals surface area contributed by atoms with Gasteiger partial charge in [-0.2, -0.15) is 0 Å². The van der Waals surface area contributed by atoms with E-state index in [2.05, 4.69) is 15.3 Å². The van der Waals surface area contributed by atoms with E-state index in [-0.39, 0.29) is 36.8 Å². The molecule has 1 aliphatic heterocycles. The highest BCUT2D eigenvalue weighted by Gasteiger charge is 2.31. The predicted octanol–water partition coefficient (Wildman–Crippen LogP) is 2.27. The van der Waals surface area contributed by atoms with E-state index in [1.54, 1.807) is 38.7 Å². The molecule has 0 aliphatic carbocycles. The van der Waals surface area contributed by atoms with Crippen LogP contribution in [0.4, 0.5) is 5.69 Å². The average molecular weight is 389 g/mol. The average Bonchev–Trinajstić information content (AvgIpc) is 3.00. The van der Waals surface area contributed by atoms with Gasteiger partial charge in [0, 0.05) is 19.0 Å². The highest BCUT2D eigenvalue weighted by molar-refractivity contribution is 5.96. The first-order chi connectivity index (χ1) is 11.1. The van der Waals surface area contributed by atoms with Crippen LogP contribution in [0, 0.1) is 0 Å². The number of halogens is 2. The van der Waals surface area contributed by atoms with Crippen LogP contribution in [0.15, 0.2) is 24.5 Å². The van der Waals surface area contributed by atoms with Crippen LogP contribution < -0.4 is 14.8 Å². The molecule has 1 aliphatic rings. The number of likely N-dealkylation sites (N-methyl/N-ethyl adjacent to an activating group) is 1. The third-order valence-corrected chi connectivity index (χ3v) is 4.10. The Morgan fingerprint density at radius 1 is 1.32 bits per heavy atom. The van der Waals surface area contributed by atoms with Crippen LogP contribution in [0.25, 0.3) is 0 Å². The van der Waals surface area contributed by atoms with Crippen LogP contribution in [0.1, 0.15) is 11.4 Å². The molecule has 1 aromatic heterocycles. The summed E-state index contributed by atoms with van der Waals surface area (Å²) in [5, 5.41) is 2.94. The molecule has 2 heterocycles. The number of aromatic amines is 1. The van der Waals surface area contributed by atoms with E-state index in [1.807, 2.05) is 11.9 Å². The number of carbonyl (C=O) groups is 1. The minimum Gasteiger partial charge on any atom is -0.497 e. The fourth-order valence-corrected chi connectivity index (χ4v) is 2.78. The number of benzene rings is 1. The molecule has 0 fully saturated rings. The Bertz CT molecular complexity index is 723. The van der Waals surface area contributed by atoms with Gasteiger partial charge in [-0.25, -0.2) is 4.98 Å². The number of ether oxygens (including phenoxy) is 2. The van der Waals surface area contributed by atoms with Gasteiger partial charge in [-0.05, 0) is 19.2 Å². The fraction of sp³-hybridized carbons (Fsp3) is 0.375. The number of rotatable bonds is 4. The molecule has 1 unspecified atom stereocenters. The van der Waals surface area contributed by atoms with E-state index in [0.29, 0.717) is 30.2 Å². The van der Waals surface area contributed by atoms with Crippen LogP contribution >= 0.6 is 24.8 Å². The van der Waals surface area contributed by atoms with E-state index in [9.17, 15) is 4.79 Å².